The standard InChI is InChI=1S/C26H30N2O4/c1-3-30-26(29)28-16-7-10-22(28)18-20-11-13-23(14-12-20)31-17-15-24-19(2)32-25(27-24)21-8-5-4-6-9-21/h4-6,8-9,11-14,22H,3,7,10,15-18H2,1-2H3/t22-/m1/s1. The first-order valence-electron chi connectivity index (χ1n) is 11.3. The molecule has 0 spiro atoms. The minimum atomic E-state index is -0.200. The van der Waals surface area contributed by atoms with E-state index in [1.165, 1.54) is 5.56 Å². The lowest BCUT2D eigenvalue weighted by atomic mass is 10.0. The van der Waals surface area contributed by atoms with Crippen LogP contribution < -0.4 is 4.74 Å². The number of oxazole rings is 1. The molecule has 2 heterocycles. The van der Waals surface area contributed by atoms with E-state index in [-0.39, 0.29) is 12.1 Å². The second-order valence-corrected chi connectivity index (χ2v) is 8.02. The molecule has 1 amide bonds. The maximum Gasteiger partial charge on any atom is 0.410 e. The molecule has 1 fully saturated rings. The fraction of sp³-hybridized carbons (Fsp3) is 0.385. The van der Waals surface area contributed by atoms with Crippen LogP contribution in [-0.4, -0.2) is 41.8 Å². The van der Waals surface area contributed by atoms with Gasteiger partial charge in [-0.1, -0.05) is 30.3 Å². The molecule has 0 radical (unpaired) electrons. The first-order chi connectivity index (χ1) is 15.6. The molecule has 2 aromatic carbocycles. The Morgan fingerprint density at radius 3 is 2.69 bits per heavy atom. The van der Waals surface area contributed by atoms with Gasteiger partial charge in [0.15, 0.2) is 0 Å². The van der Waals surface area contributed by atoms with Crippen LogP contribution in [0.4, 0.5) is 4.79 Å². The topological polar surface area (TPSA) is 64.8 Å². The third-order valence-corrected chi connectivity index (χ3v) is 5.80. The average Bonchev–Trinajstić information content (AvgIpc) is 3.42. The van der Waals surface area contributed by atoms with Gasteiger partial charge >= 0.3 is 6.09 Å². The molecule has 0 saturated carbocycles. The average molecular weight is 435 g/mol. The third kappa shape index (κ3) is 5.31. The van der Waals surface area contributed by atoms with E-state index in [4.69, 9.17) is 13.9 Å². The molecule has 1 aromatic heterocycles. The SMILES string of the molecule is CCOC(=O)N1CCC[C@@H]1Cc1ccc(OCCc2nc(-c3ccccc3)oc2C)cc1. The highest BCUT2D eigenvalue weighted by atomic mass is 16.6. The first kappa shape index (κ1) is 21.9. The molecule has 6 heteroatoms. The Balaban J connectivity index is 1.28. The molecule has 0 aliphatic carbocycles. The van der Waals surface area contributed by atoms with Crippen LogP contribution in [0, 0.1) is 6.92 Å². The summed E-state index contributed by atoms with van der Waals surface area (Å²) < 4.78 is 16.9. The van der Waals surface area contributed by atoms with E-state index in [0.29, 0.717) is 25.5 Å². The van der Waals surface area contributed by atoms with E-state index in [2.05, 4.69) is 17.1 Å². The molecule has 1 atom stereocenters. The molecule has 3 aromatic rings. The lowest BCUT2D eigenvalue weighted by Crippen LogP contribution is -2.37. The molecule has 168 valence electrons. The summed E-state index contributed by atoms with van der Waals surface area (Å²) in [6.07, 6.45) is 3.35. The van der Waals surface area contributed by atoms with E-state index >= 15 is 0 Å². The highest BCUT2D eigenvalue weighted by Crippen LogP contribution is 2.24. The van der Waals surface area contributed by atoms with Gasteiger partial charge in [-0.05, 0) is 62.9 Å². The maximum absolute atomic E-state index is 12.1. The number of hydrogen-bond acceptors (Lipinski definition) is 5. The summed E-state index contributed by atoms with van der Waals surface area (Å²) in [4.78, 5) is 18.6. The van der Waals surface area contributed by atoms with Crippen molar-refractivity contribution in [3.05, 3.63) is 71.6 Å². The fourth-order valence-electron chi connectivity index (χ4n) is 4.12. The highest BCUT2D eigenvalue weighted by molar-refractivity contribution is 5.68. The van der Waals surface area contributed by atoms with Crippen LogP contribution in [0.5, 0.6) is 5.75 Å². The van der Waals surface area contributed by atoms with Gasteiger partial charge in [0.05, 0.1) is 18.9 Å². The zero-order valence-electron chi connectivity index (χ0n) is 18.8. The van der Waals surface area contributed by atoms with E-state index in [1.54, 1.807) is 0 Å². The Hall–Kier alpha value is -3.28. The number of aryl methyl sites for hydroxylation is 1. The minimum Gasteiger partial charge on any atom is -0.493 e. The van der Waals surface area contributed by atoms with E-state index < -0.39 is 0 Å². The molecular formula is C26H30N2O4. The van der Waals surface area contributed by atoms with Crippen LogP contribution in [0.25, 0.3) is 11.5 Å². The summed E-state index contributed by atoms with van der Waals surface area (Å²) in [7, 11) is 0. The lowest BCUT2D eigenvalue weighted by molar-refractivity contribution is 0.103. The number of hydrogen-bond donors (Lipinski definition) is 0. The molecule has 1 aliphatic heterocycles. The van der Waals surface area contributed by atoms with Gasteiger partial charge in [0.25, 0.3) is 0 Å². The number of carbonyl (C=O) groups is 1. The first-order valence-corrected chi connectivity index (χ1v) is 11.3. The van der Waals surface area contributed by atoms with Crippen molar-refractivity contribution in [2.24, 2.45) is 0 Å². The summed E-state index contributed by atoms with van der Waals surface area (Å²) in [5.41, 5.74) is 3.08. The summed E-state index contributed by atoms with van der Waals surface area (Å²) in [6.45, 7) is 5.49. The summed E-state index contributed by atoms with van der Waals surface area (Å²) in [5.74, 6) is 2.29. The van der Waals surface area contributed by atoms with Crippen molar-refractivity contribution in [3.8, 4) is 17.2 Å². The Bertz CT molecular complexity index is 1010. The predicted octanol–water partition coefficient (Wildman–Crippen LogP) is 5.43. The molecule has 1 aliphatic rings. The van der Waals surface area contributed by atoms with Crippen LogP contribution in [0.2, 0.25) is 0 Å². The smallest absolute Gasteiger partial charge is 0.410 e. The van der Waals surface area contributed by atoms with Crippen LogP contribution >= 0.6 is 0 Å². The van der Waals surface area contributed by atoms with Gasteiger partial charge < -0.3 is 18.8 Å². The predicted molar refractivity (Wildman–Crippen MR) is 123 cm³/mol. The second kappa shape index (κ2) is 10.4. The van der Waals surface area contributed by atoms with E-state index in [1.807, 2.05) is 61.2 Å². The van der Waals surface area contributed by atoms with Crippen molar-refractivity contribution in [1.82, 2.24) is 9.88 Å². The molecule has 32 heavy (non-hydrogen) atoms. The number of benzene rings is 2. The zero-order valence-corrected chi connectivity index (χ0v) is 18.8. The van der Waals surface area contributed by atoms with Crippen molar-refractivity contribution in [3.63, 3.8) is 0 Å². The molecule has 4 rings (SSSR count). The van der Waals surface area contributed by atoms with Crippen molar-refractivity contribution in [2.75, 3.05) is 19.8 Å². The molecule has 0 N–H and O–H groups in total. The Morgan fingerprint density at radius 2 is 1.94 bits per heavy atom. The van der Waals surface area contributed by atoms with Gasteiger partial charge in [-0.3, -0.25) is 0 Å². The number of amides is 1. The number of aromatic nitrogens is 1. The van der Waals surface area contributed by atoms with E-state index in [0.717, 1.165) is 48.6 Å². The van der Waals surface area contributed by atoms with E-state index in [9.17, 15) is 4.79 Å². The molecule has 0 bridgehead atoms. The van der Waals surface area contributed by atoms with Gasteiger partial charge in [-0.25, -0.2) is 9.78 Å². The van der Waals surface area contributed by atoms with Gasteiger partial charge in [0.1, 0.15) is 11.5 Å². The van der Waals surface area contributed by atoms with Crippen LogP contribution in [-0.2, 0) is 17.6 Å². The summed E-state index contributed by atoms with van der Waals surface area (Å²) in [6, 6.07) is 18.2. The maximum atomic E-state index is 12.1. The quantitative estimate of drug-likeness (QED) is 0.473. The second-order valence-electron chi connectivity index (χ2n) is 8.02. The number of nitrogens with zero attached hydrogens (tertiary/aromatic N) is 2. The molecule has 1 saturated heterocycles. The lowest BCUT2D eigenvalue weighted by Gasteiger charge is -2.24. The zero-order chi connectivity index (χ0) is 22.3. The molecule has 6 nitrogen and oxygen atoms in total. The van der Waals surface area contributed by atoms with Crippen molar-refractivity contribution >= 4 is 6.09 Å². The summed E-state index contributed by atoms with van der Waals surface area (Å²) in [5, 5.41) is 0. The Labute approximate surface area is 189 Å². The number of rotatable bonds is 8. The molecular weight excluding hydrogens is 404 g/mol. The largest absolute Gasteiger partial charge is 0.493 e. The van der Waals surface area contributed by atoms with Crippen LogP contribution in [0.3, 0.4) is 0 Å². The highest BCUT2D eigenvalue weighted by Gasteiger charge is 2.29. The van der Waals surface area contributed by atoms with Crippen molar-refractivity contribution < 1.29 is 18.7 Å². The van der Waals surface area contributed by atoms with Crippen molar-refractivity contribution in [2.45, 2.75) is 45.6 Å². The van der Waals surface area contributed by atoms with Crippen molar-refractivity contribution in [1.29, 1.82) is 0 Å². The number of likely N-dealkylation sites (tertiary alicyclic amines) is 1. The fourth-order valence-corrected chi connectivity index (χ4v) is 4.12. The number of carbonyl (C=O) groups excluding carboxylic acids is 1. The number of ether oxygens (including phenoxy) is 2. The van der Waals surface area contributed by atoms with Gasteiger partial charge in [0, 0.05) is 24.6 Å². The van der Waals surface area contributed by atoms with Crippen LogP contribution in [0.15, 0.2) is 59.0 Å². The summed E-state index contributed by atoms with van der Waals surface area (Å²) >= 11 is 0. The van der Waals surface area contributed by atoms with Gasteiger partial charge in [0.2, 0.25) is 5.89 Å². The minimum absolute atomic E-state index is 0.200. The third-order valence-electron chi connectivity index (χ3n) is 5.80. The van der Waals surface area contributed by atoms with Gasteiger partial charge in [-0.15, -0.1) is 0 Å². The monoisotopic (exact) mass is 434 g/mol. The Kier molecular flexibility index (Phi) is 7.10. The molecule has 0 unspecified atom stereocenters. The normalized spacial score (nSPS) is 15.7. The Morgan fingerprint density at radius 1 is 1.16 bits per heavy atom. The van der Waals surface area contributed by atoms with Crippen LogP contribution in [0.1, 0.15) is 36.8 Å². The van der Waals surface area contributed by atoms with Gasteiger partial charge in [-0.2, -0.15) is 0 Å².